The largest absolute Gasteiger partial charge is 0.302 e. The molecule has 1 aromatic heterocycles. The first-order valence-electron chi connectivity index (χ1n) is 7.70. The standard InChI is InChI=1S/C19H16Cl2N2OS/c1-11-6-7-12(2)13(8-11)17-10-25-19(22-17)23-18(24)9-14-15(20)4-3-5-16(14)21/h3-8,10H,9H2,1-2H3,(H,22,23,24). The van der Waals surface area contributed by atoms with E-state index in [2.05, 4.69) is 28.5 Å². The number of nitrogens with zero attached hydrogens (tertiary/aromatic N) is 1. The van der Waals surface area contributed by atoms with Gasteiger partial charge in [0.1, 0.15) is 0 Å². The molecule has 3 aromatic rings. The van der Waals surface area contributed by atoms with Gasteiger partial charge in [0.15, 0.2) is 5.13 Å². The van der Waals surface area contributed by atoms with Crippen LogP contribution in [0.5, 0.6) is 0 Å². The van der Waals surface area contributed by atoms with Crippen molar-refractivity contribution >= 4 is 45.6 Å². The van der Waals surface area contributed by atoms with Crippen molar-refractivity contribution in [3.63, 3.8) is 0 Å². The number of carbonyl (C=O) groups is 1. The van der Waals surface area contributed by atoms with Gasteiger partial charge in [-0.05, 0) is 43.2 Å². The zero-order valence-corrected chi connectivity index (χ0v) is 16.1. The highest BCUT2D eigenvalue weighted by atomic mass is 35.5. The van der Waals surface area contributed by atoms with Gasteiger partial charge in [-0.25, -0.2) is 4.98 Å². The highest BCUT2D eigenvalue weighted by molar-refractivity contribution is 7.14. The van der Waals surface area contributed by atoms with Gasteiger partial charge in [-0.1, -0.05) is 47.0 Å². The SMILES string of the molecule is Cc1ccc(C)c(-c2csc(NC(=O)Cc3c(Cl)cccc3Cl)n2)c1. The fraction of sp³-hybridized carbons (Fsp3) is 0.158. The van der Waals surface area contributed by atoms with Crippen LogP contribution in [0.3, 0.4) is 0 Å². The van der Waals surface area contributed by atoms with Crippen LogP contribution < -0.4 is 5.32 Å². The summed E-state index contributed by atoms with van der Waals surface area (Å²) in [6.45, 7) is 4.09. The quantitative estimate of drug-likeness (QED) is 0.600. The number of aromatic nitrogens is 1. The number of halogens is 2. The minimum absolute atomic E-state index is 0.108. The van der Waals surface area contributed by atoms with Crippen molar-refractivity contribution < 1.29 is 4.79 Å². The number of benzene rings is 2. The number of nitrogens with one attached hydrogen (secondary N) is 1. The number of thiazole rings is 1. The summed E-state index contributed by atoms with van der Waals surface area (Å²) in [5.41, 5.74) is 4.88. The maximum atomic E-state index is 12.3. The van der Waals surface area contributed by atoms with E-state index in [-0.39, 0.29) is 12.3 Å². The molecule has 25 heavy (non-hydrogen) atoms. The Balaban J connectivity index is 1.75. The Hall–Kier alpha value is -1.88. The molecule has 1 N–H and O–H groups in total. The van der Waals surface area contributed by atoms with Gasteiger partial charge in [0.2, 0.25) is 5.91 Å². The van der Waals surface area contributed by atoms with Gasteiger partial charge in [0.25, 0.3) is 0 Å². The molecule has 0 bridgehead atoms. The summed E-state index contributed by atoms with van der Waals surface area (Å²) in [6, 6.07) is 11.4. The fourth-order valence-electron chi connectivity index (χ4n) is 2.49. The van der Waals surface area contributed by atoms with Crippen molar-refractivity contribution in [1.82, 2.24) is 4.98 Å². The summed E-state index contributed by atoms with van der Waals surface area (Å²) in [4.78, 5) is 16.8. The topological polar surface area (TPSA) is 42.0 Å². The van der Waals surface area contributed by atoms with E-state index in [1.807, 2.05) is 19.2 Å². The summed E-state index contributed by atoms with van der Waals surface area (Å²) in [5.74, 6) is -0.197. The molecule has 0 spiro atoms. The van der Waals surface area contributed by atoms with Crippen molar-refractivity contribution in [1.29, 1.82) is 0 Å². The second-order valence-corrected chi connectivity index (χ2v) is 7.45. The molecule has 0 saturated heterocycles. The molecule has 128 valence electrons. The normalized spacial score (nSPS) is 10.7. The first kappa shape index (κ1) is 17.9. The number of amides is 1. The van der Waals surface area contributed by atoms with Gasteiger partial charge in [0, 0.05) is 21.0 Å². The average Bonchev–Trinajstić information content (AvgIpc) is 3.01. The number of anilines is 1. The van der Waals surface area contributed by atoms with Crippen LogP contribution in [0.1, 0.15) is 16.7 Å². The molecule has 2 aromatic carbocycles. The molecule has 0 atom stereocenters. The summed E-state index contributed by atoms with van der Waals surface area (Å²) < 4.78 is 0. The minimum atomic E-state index is -0.197. The molecule has 0 fully saturated rings. The Labute approximate surface area is 160 Å². The highest BCUT2D eigenvalue weighted by Crippen LogP contribution is 2.29. The summed E-state index contributed by atoms with van der Waals surface area (Å²) >= 11 is 13.6. The van der Waals surface area contributed by atoms with E-state index in [1.54, 1.807) is 18.2 Å². The minimum Gasteiger partial charge on any atom is -0.302 e. The fourth-order valence-corrected chi connectivity index (χ4v) is 3.75. The predicted octanol–water partition coefficient (Wildman–Crippen LogP) is 5.91. The lowest BCUT2D eigenvalue weighted by Crippen LogP contribution is -2.14. The van der Waals surface area contributed by atoms with Crippen LogP contribution in [0.25, 0.3) is 11.3 Å². The van der Waals surface area contributed by atoms with Crippen molar-refractivity contribution in [2.24, 2.45) is 0 Å². The summed E-state index contributed by atoms with van der Waals surface area (Å²) in [5, 5.41) is 6.29. The van der Waals surface area contributed by atoms with Gasteiger partial charge < -0.3 is 5.32 Å². The third kappa shape index (κ3) is 4.21. The molecular formula is C19H16Cl2N2OS. The molecular weight excluding hydrogens is 375 g/mol. The predicted molar refractivity (Wildman–Crippen MR) is 106 cm³/mol. The summed E-state index contributed by atoms with van der Waals surface area (Å²) in [6.07, 6.45) is 0.108. The van der Waals surface area contributed by atoms with Crippen LogP contribution in [0.15, 0.2) is 41.8 Å². The van der Waals surface area contributed by atoms with Crippen LogP contribution >= 0.6 is 34.5 Å². The van der Waals surface area contributed by atoms with Gasteiger partial charge in [0.05, 0.1) is 12.1 Å². The number of hydrogen-bond donors (Lipinski definition) is 1. The zero-order chi connectivity index (χ0) is 18.0. The number of rotatable bonds is 4. The van der Waals surface area contributed by atoms with Crippen molar-refractivity contribution in [3.8, 4) is 11.3 Å². The van der Waals surface area contributed by atoms with Gasteiger partial charge in [-0.15, -0.1) is 11.3 Å². The van der Waals surface area contributed by atoms with E-state index < -0.39 is 0 Å². The second kappa shape index (κ2) is 7.56. The van der Waals surface area contributed by atoms with E-state index in [4.69, 9.17) is 23.2 Å². The Bertz CT molecular complexity index is 917. The Morgan fingerprint density at radius 1 is 1.16 bits per heavy atom. The van der Waals surface area contributed by atoms with Crippen LogP contribution in [-0.2, 0) is 11.2 Å². The first-order chi connectivity index (χ1) is 11.9. The summed E-state index contributed by atoms with van der Waals surface area (Å²) in [7, 11) is 0. The molecule has 0 radical (unpaired) electrons. The van der Waals surface area contributed by atoms with Crippen LogP contribution in [0.2, 0.25) is 10.0 Å². The zero-order valence-electron chi connectivity index (χ0n) is 13.8. The lowest BCUT2D eigenvalue weighted by Gasteiger charge is -2.06. The molecule has 3 rings (SSSR count). The highest BCUT2D eigenvalue weighted by Gasteiger charge is 2.13. The van der Waals surface area contributed by atoms with Crippen molar-refractivity contribution in [2.75, 3.05) is 5.32 Å². The monoisotopic (exact) mass is 390 g/mol. The molecule has 0 aliphatic rings. The Morgan fingerprint density at radius 2 is 1.88 bits per heavy atom. The molecule has 3 nitrogen and oxygen atoms in total. The second-order valence-electron chi connectivity index (χ2n) is 5.78. The van der Waals surface area contributed by atoms with Gasteiger partial charge in [-0.3, -0.25) is 4.79 Å². The number of aryl methyl sites for hydroxylation is 2. The lowest BCUT2D eigenvalue weighted by atomic mass is 10.0. The van der Waals surface area contributed by atoms with Crippen molar-refractivity contribution in [3.05, 3.63) is 68.5 Å². The average molecular weight is 391 g/mol. The molecule has 6 heteroatoms. The maximum Gasteiger partial charge on any atom is 0.230 e. The third-order valence-electron chi connectivity index (χ3n) is 3.82. The van der Waals surface area contributed by atoms with Crippen LogP contribution in [-0.4, -0.2) is 10.9 Å². The molecule has 0 aliphatic heterocycles. The maximum absolute atomic E-state index is 12.3. The van der Waals surface area contributed by atoms with E-state index in [9.17, 15) is 4.79 Å². The molecule has 1 heterocycles. The van der Waals surface area contributed by atoms with Gasteiger partial charge >= 0.3 is 0 Å². The van der Waals surface area contributed by atoms with Crippen LogP contribution in [0.4, 0.5) is 5.13 Å². The number of hydrogen-bond acceptors (Lipinski definition) is 3. The van der Waals surface area contributed by atoms with E-state index >= 15 is 0 Å². The Kier molecular flexibility index (Phi) is 5.42. The Morgan fingerprint density at radius 3 is 2.60 bits per heavy atom. The smallest absolute Gasteiger partial charge is 0.230 e. The molecule has 0 unspecified atom stereocenters. The molecule has 0 aliphatic carbocycles. The van der Waals surface area contributed by atoms with Crippen molar-refractivity contribution in [2.45, 2.75) is 20.3 Å². The first-order valence-corrected chi connectivity index (χ1v) is 9.33. The molecule has 0 saturated carbocycles. The van der Waals surface area contributed by atoms with Crippen LogP contribution in [0, 0.1) is 13.8 Å². The van der Waals surface area contributed by atoms with E-state index in [0.717, 1.165) is 16.8 Å². The third-order valence-corrected chi connectivity index (χ3v) is 5.28. The van der Waals surface area contributed by atoms with Gasteiger partial charge in [-0.2, -0.15) is 0 Å². The lowest BCUT2D eigenvalue weighted by molar-refractivity contribution is -0.115. The van der Waals surface area contributed by atoms with E-state index in [1.165, 1.54) is 16.9 Å². The van der Waals surface area contributed by atoms with E-state index in [0.29, 0.717) is 20.7 Å². The number of carbonyl (C=O) groups excluding carboxylic acids is 1. The molecule has 1 amide bonds.